The molecule has 0 atom stereocenters. The number of rotatable bonds is 12. The van der Waals surface area contributed by atoms with Gasteiger partial charge in [0.1, 0.15) is 0 Å². The third kappa shape index (κ3) is 29.6. The number of hydrogen-bond acceptors (Lipinski definition) is 0. The van der Waals surface area contributed by atoms with Gasteiger partial charge in [0.2, 0.25) is 0 Å². The van der Waals surface area contributed by atoms with E-state index >= 15 is 0 Å². The molecule has 16 aromatic carbocycles. The van der Waals surface area contributed by atoms with E-state index in [9.17, 15) is 0 Å². The summed E-state index contributed by atoms with van der Waals surface area (Å²) in [6, 6.07) is 98.7. The van der Waals surface area contributed by atoms with Crippen LogP contribution in [0.1, 0.15) is 279 Å². The quantitative estimate of drug-likeness (QED) is 0.114. The summed E-state index contributed by atoms with van der Waals surface area (Å²) in [4.78, 5) is 0. The minimum Gasteiger partial charge on any atom is -0.0622 e. The Kier molecular flexibility index (Phi) is 37.3. The van der Waals surface area contributed by atoms with E-state index in [1.165, 1.54) is 234 Å². The molecule has 0 radical (unpaired) electrons. The molecule has 0 unspecified atom stereocenters. The van der Waals surface area contributed by atoms with E-state index in [1.54, 1.807) is 0 Å². The molecule has 0 heteroatoms. The lowest BCUT2D eigenvalue weighted by Gasteiger charge is -2.21. The molecule has 0 heterocycles. The SMILES string of the molecule is Cc1cc(C)c(-c2cc(C)c(C)c(C)c2)c(C)c1.Cc1ccc(-c2cc(C)c(C)c(C)c2)c(C)c1.Cc1ccc(-c2ccc(C)c(C)c2)c(C)c1.Cc1ccc(-c2ccc(C)c(C)c2)c(C)c1.Cc1ccc(-c2ccc(C)c(C)c2)c(C)c1.Cc1ccc(-c2ccccc2C)cc1C.[2H]C(C)(C)c1cc(-c2c(C)cc(C)cc2C)cc(C([2H])(C)C)c1C.[2H]C(C)(C)c1cc(-c2ccccc2)cc(C([2H])(C)C)c1C. The minimum absolute atomic E-state index is 0.672. The van der Waals surface area contributed by atoms with Gasteiger partial charge in [0, 0.05) is 5.48 Å². The van der Waals surface area contributed by atoms with E-state index in [0.717, 1.165) is 50.1 Å². The molecular formula is C139H166. The van der Waals surface area contributed by atoms with Crippen molar-refractivity contribution in [3.05, 3.63) is 468 Å². The second-order valence-corrected chi connectivity index (χ2v) is 41.1. The van der Waals surface area contributed by atoms with Gasteiger partial charge in [0.15, 0.2) is 0 Å². The van der Waals surface area contributed by atoms with Gasteiger partial charge in [0.05, 0.1) is 0 Å². The Balaban J connectivity index is 0.000000183. The highest BCUT2D eigenvalue weighted by Gasteiger charge is 2.19. The summed E-state index contributed by atoms with van der Waals surface area (Å²) in [5.41, 5.74) is 65.9. The van der Waals surface area contributed by atoms with Crippen molar-refractivity contribution in [1.82, 2.24) is 0 Å². The van der Waals surface area contributed by atoms with Crippen LogP contribution < -0.4 is 0 Å². The predicted molar refractivity (Wildman–Crippen MR) is 618 cm³/mol. The zero-order chi connectivity index (χ0) is 106. The first-order valence-electron chi connectivity index (χ1n) is 52.1. The highest BCUT2D eigenvalue weighted by Crippen LogP contribution is 2.40. The van der Waals surface area contributed by atoms with Crippen LogP contribution in [0.2, 0.25) is 0 Å². The van der Waals surface area contributed by atoms with Crippen LogP contribution in [0.5, 0.6) is 0 Å². The Morgan fingerprint density at radius 3 is 0.619 bits per heavy atom. The fraction of sp³-hybridized carbons (Fsp3) is 0.309. The Bertz CT molecular complexity index is 6790. The first kappa shape index (κ1) is 104. The van der Waals surface area contributed by atoms with Crippen LogP contribution in [-0.4, -0.2) is 0 Å². The van der Waals surface area contributed by atoms with Gasteiger partial charge >= 0.3 is 0 Å². The summed E-state index contributed by atoms with van der Waals surface area (Å²) in [6.07, 6.45) is 0. The van der Waals surface area contributed by atoms with Crippen molar-refractivity contribution in [3.8, 4) is 89.0 Å². The third-order valence-corrected chi connectivity index (χ3v) is 28.1. The Morgan fingerprint density at radius 1 is 0.137 bits per heavy atom. The molecule has 0 N–H and O–H groups in total. The van der Waals surface area contributed by atoms with Crippen molar-refractivity contribution in [2.45, 2.75) is 294 Å². The van der Waals surface area contributed by atoms with E-state index in [0.29, 0.717) is 0 Å². The molecule has 0 spiro atoms. The lowest BCUT2D eigenvalue weighted by atomic mass is 9.84. The average Bonchev–Trinajstić information content (AvgIpc) is 0.762. The number of hydrogen-bond donors (Lipinski definition) is 0. The first-order chi connectivity index (χ1) is 66.7. The standard InChI is InChI=1S/C22H30.C19H24.C18H22.C17H20.3C16H18.C15H16/c1-13(2)20-11-19(12-21(14(3)4)18(20)8)22-16(6)9-15(5)10-17(22)7;1-13(2)18-11-17(16-9-7-6-8-10-16)12-19(14(3)4)15(18)5;1-11-7-14(4)18(15(5)8-11)17-9-12(2)16(6)13(3)10-17;1-11-6-7-17(14(4)8-11)16-9-12(2)15(5)13(3)10-16;3*1-11-5-8-16(14(4)9-11)15-7-6-12(2)13(3)10-15;1-11-8-9-14(10-13(11)3)15-7-5-4-6-12(15)2/h9-14H,1-8H3;6-14H,1-5H3;7-10H,1-6H3;6-10H,1-5H3;3*5-10H,1-4H3;4-10H,1-3H3/i2*13D,14D;;;;;;. The minimum atomic E-state index is -0.688. The number of benzene rings is 16. The molecule has 0 saturated carbocycles. The van der Waals surface area contributed by atoms with Gasteiger partial charge in [-0.3, -0.25) is 0 Å². The Labute approximate surface area is 850 Å². The molecule has 0 aromatic heterocycles. The van der Waals surface area contributed by atoms with Gasteiger partial charge in [-0.15, -0.1) is 0 Å². The largest absolute Gasteiger partial charge is 0.0622 e. The first-order valence-corrected chi connectivity index (χ1v) is 50.1. The zero-order valence-electron chi connectivity index (χ0n) is 96.5. The Hall–Kier alpha value is -12.5. The van der Waals surface area contributed by atoms with Gasteiger partial charge in [0.25, 0.3) is 0 Å². The highest BCUT2D eigenvalue weighted by molar-refractivity contribution is 5.78. The van der Waals surface area contributed by atoms with E-state index in [2.05, 4.69) is 462 Å². The van der Waals surface area contributed by atoms with E-state index in [-0.39, 0.29) is 0 Å². The van der Waals surface area contributed by atoms with Crippen molar-refractivity contribution >= 4 is 0 Å². The fourth-order valence-corrected chi connectivity index (χ4v) is 19.2. The molecule has 0 nitrogen and oxygen atoms in total. The summed E-state index contributed by atoms with van der Waals surface area (Å²) >= 11 is 0. The molecule has 0 amide bonds. The van der Waals surface area contributed by atoms with Gasteiger partial charge in [-0.05, 0) is 489 Å². The van der Waals surface area contributed by atoms with Crippen LogP contribution in [0.25, 0.3) is 89.0 Å². The average molecular weight is 1840 g/mol. The molecule has 0 aliphatic rings. The summed E-state index contributed by atoms with van der Waals surface area (Å²) < 4.78 is 33.9. The fourth-order valence-electron chi connectivity index (χ4n) is 19.2. The highest BCUT2D eigenvalue weighted by atomic mass is 14.2. The van der Waals surface area contributed by atoms with Crippen molar-refractivity contribution in [3.63, 3.8) is 0 Å². The lowest BCUT2D eigenvalue weighted by molar-refractivity contribution is 0.818. The second-order valence-electron chi connectivity index (χ2n) is 41.1. The maximum atomic E-state index is 8.55. The molecule has 16 aromatic rings. The normalized spacial score (nSPS) is 11.5. The van der Waals surface area contributed by atoms with Crippen molar-refractivity contribution < 1.29 is 5.48 Å². The van der Waals surface area contributed by atoms with Gasteiger partial charge in [-0.25, -0.2) is 0 Å². The summed E-state index contributed by atoms with van der Waals surface area (Å²) in [6.45, 7) is 82.3. The summed E-state index contributed by atoms with van der Waals surface area (Å²) in [5.74, 6) is -2.72. The molecule has 722 valence electrons. The van der Waals surface area contributed by atoms with Crippen LogP contribution in [0, 0.1) is 215 Å². The van der Waals surface area contributed by atoms with Crippen molar-refractivity contribution in [2.75, 3.05) is 0 Å². The van der Waals surface area contributed by atoms with E-state index in [1.807, 2.05) is 80.5 Å². The molecule has 0 aliphatic carbocycles. The van der Waals surface area contributed by atoms with Crippen LogP contribution in [-0.2, 0) is 0 Å². The van der Waals surface area contributed by atoms with E-state index in [4.69, 9.17) is 5.48 Å². The maximum Gasteiger partial charge on any atom is 0.0347 e. The summed E-state index contributed by atoms with van der Waals surface area (Å²) in [5, 5.41) is 0. The second kappa shape index (κ2) is 49.9. The van der Waals surface area contributed by atoms with Crippen LogP contribution in [0.3, 0.4) is 0 Å². The molecule has 0 fully saturated rings. The molecule has 139 heavy (non-hydrogen) atoms. The number of aryl methyl sites for hydroxylation is 27. The van der Waals surface area contributed by atoms with Crippen LogP contribution in [0.4, 0.5) is 0 Å². The third-order valence-electron chi connectivity index (χ3n) is 28.1. The predicted octanol–water partition coefficient (Wildman–Crippen LogP) is 40.9. The maximum absolute atomic E-state index is 8.55. The lowest BCUT2D eigenvalue weighted by Crippen LogP contribution is -2.02. The monoisotopic (exact) mass is 1840 g/mol. The zero-order valence-corrected chi connectivity index (χ0v) is 92.5. The van der Waals surface area contributed by atoms with Crippen molar-refractivity contribution in [2.24, 2.45) is 0 Å². The van der Waals surface area contributed by atoms with Gasteiger partial charge in [-0.2, -0.15) is 0 Å². The molecular weight excluding hydrogens is 1670 g/mol. The smallest absolute Gasteiger partial charge is 0.0347 e. The molecule has 0 aliphatic heterocycles. The van der Waals surface area contributed by atoms with Crippen LogP contribution in [0.15, 0.2) is 273 Å². The van der Waals surface area contributed by atoms with Crippen molar-refractivity contribution in [1.29, 1.82) is 0 Å². The topological polar surface area (TPSA) is 0 Å². The van der Waals surface area contributed by atoms with Gasteiger partial charge in [-0.1, -0.05) is 362 Å². The van der Waals surface area contributed by atoms with E-state index < -0.39 is 23.6 Å². The summed E-state index contributed by atoms with van der Waals surface area (Å²) in [7, 11) is 0. The molecule has 0 bridgehead atoms. The van der Waals surface area contributed by atoms with Gasteiger partial charge < -0.3 is 0 Å². The molecule has 16 rings (SSSR count). The molecule has 0 saturated heterocycles. The van der Waals surface area contributed by atoms with Crippen LogP contribution >= 0.6 is 0 Å². The Morgan fingerprint density at radius 2 is 0.360 bits per heavy atom.